The summed E-state index contributed by atoms with van der Waals surface area (Å²) in [4.78, 5) is 31.9. The summed E-state index contributed by atoms with van der Waals surface area (Å²) >= 11 is 6.43. The lowest BCUT2D eigenvalue weighted by Crippen LogP contribution is -2.47. The van der Waals surface area contributed by atoms with Crippen molar-refractivity contribution in [1.29, 1.82) is 0 Å². The average molecular weight is 432 g/mol. The molecule has 3 aromatic rings. The van der Waals surface area contributed by atoms with Gasteiger partial charge < -0.3 is 4.90 Å². The third kappa shape index (κ3) is 3.60. The molecule has 31 heavy (non-hydrogen) atoms. The molecule has 0 radical (unpaired) electrons. The molecule has 2 amide bonds. The van der Waals surface area contributed by atoms with E-state index in [9.17, 15) is 9.59 Å². The van der Waals surface area contributed by atoms with Gasteiger partial charge in [0.25, 0.3) is 11.8 Å². The highest BCUT2D eigenvalue weighted by Gasteiger charge is 2.42. The number of carbonyl (C=O) groups excluding carboxylic acids is 2. The first kappa shape index (κ1) is 19.8. The van der Waals surface area contributed by atoms with E-state index < -0.39 is 5.91 Å². The molecule has 0 N–H and O–H groups in total. The molecule has 0 unspecified atom stereocenters. The van der Waals surface area contributed by atoms with Gasteiger partial charge in [-0.2, -0.15) is 0 Å². The third-order valence-corrected chi connectivity index (χ3v) is 6.29. The molecular weight excluding hydrogens is 410 g/mol. The van der Waals surface area contributed by atoms with Crippen LogP contribution in [0.5, 0.6) is 0 Å². The van der Waals surface area contributed by atoms with Crippen molar-refractivity contribution in [3.05, 3.63) is 89.1 Å². The Morgan fingerprint density at radius 1 is 0.742 bits per heavy atom. The predicted molar refractivity (Wildman–Crippen MR) is 123 cm³/mol. The molecule has 0 saturated carbocycles. The number of piperazine rings is 1. The molecule has 5 nitrogen and oxygen atoms in total. The van der Waals surface area contributed by atoms with Crippen LogP contribution in [0.1, 0.15) is 5.56 Å². The fourth-order valence-electron chi connectivity index (χ4n) is 4.36. The van der Waals surface area contributed by atoms with Gasteiger partial charge in [-0.15, -0.1) is 0 Å². The van der Waals surface area contributed by atoms with Crippen molar-refractivity contribution < 1.29 is 9.59 Å². The summed E-state index contributed by atoms with van der Waals surface area (Å²) in [6.07, 6.45) is 0. The predicted octanol–water partition coefficient (Wildman–Crippen LogP) is 3.98. The summed E-state index contributed by atoms with van der Waals surface area (Å²) in [6, 6.07) is 23.7. The summed E-state index contributed by atoms with van der Waals surface area (Å²) < 4.78 is 0. The zero-order chi connectivity index (χ0) is 21.4. The number of benzene rings is 3. The van der Waals surface area contributed by atoms with Gasteiger partial charge in [0, 0.05) is 38.1 Å². The van der Waals surface area contributed by atoms with Gasteiger partial charge >= 0.3 is 0 Å². The number of amides is 2. The fraction of sp³-hybridized carbons (Fsp3) is 0.200. The van der Waals surface area contributed by atoms with Crippen LogP contribution in [0, 0.1) is 0 Å². The highest BCUT2D eigenvalue weighted by molar-refractivity contribution is 6.53. The maximum Gasteiger partial charge on any atom is 0.283 e. The van der Waals surface area contributed by atoms with E-state index in [-0.39, 0.29) is 10.9 Å². The standard InChI is InChI=1S/C25H22ClN3O2/c26-22-23(28-15-13-27(14-16-28)17-18-7-2-1-3-8-18)25(31)29(24(22)30)21-12-6-10-19-9-4-5-11-20(19)21/h1-12H,13-17H2. The Hall–Kier alpha value is -3.15. The number of fused-ring (bicyclic) bond motifs is 1. The summed E-state index contributed by atoms with van der Waals surface area (Å²) in [5.41, 5.74) is 2.16. The molecule has 0 aliphatic carbocycles. The summed E-state index contributed by atoms with van der Waals surface area (Å²) in [7, 11) is 0. The van der Waals surface area contributed by atoms with E-state index in [1.807, 2.05) is 59.5 Å². The Balaban J connectivity index is 1.35. The van der Waals surface area contributed by atoms with Crippen LogP contribution in [0.3, 0.4) is 0 Å². The Bertz CT molecular complexity index is 1180. The van der Waals surface area contributed by atoms with Gasteiger partial charge in [-0.25, -0.2) is 4.90 Å². The Morgan fingerprint density at radius 3 is 2.19 bits per heavy atom. The van der Waals surface area contributed by atoms with Crippen molar-refractivity contribution >= 4 is 39.9 Å². The average Bonchev–Trinajstić information content (AvgIpc) is 3.03. The second-order valence-electron chi connectivity index (χ2n) is 7.86. The molecule has 0 atom stereocenters. The van der Waals surface area contributed by atoms with Crippen molar-refractivity contribution in [1.82, 2.24) is 9.80 Å². The highest BCUT2D eigenvalue weighted by Crippen LogP contribution is 2.35. The molecule has 3 aromatic carbocycles. The quantitative estimate of drug-likeness (QED) is 0.586. The maximum atomic E-state index is 13.3. The van der Waals surface area contributed by atoms with E-state index in [0.717, 1.165) is 30.4 Å². The van der Waals surface area contributed by atoms with Gasteiger partial charge in [0.2, 0.25) is 0 Å². The molecule has 2 aliphatic rings. The molecule has 1 fully saturated rings. The number of hydrogen-bond donors (Lipinski definition) is 0. The van der Waals surface area contributed by atoms with Crippen molar-refractivity contribution in [2.24, 2.45) is 0 Å². The normalized spacial score (nSPS) is 17.8. The Labute approximate surface area is 186 Å². The maximum absolute atomic E-state index is 13.3. The Morgan fingerprint density at radius 2 is 1.42 bits per heavy atom. The molecule has 1 saturated heterocycles. The topological polar surface area (TPSA) is 43.9 Å². The molecule has 6 heteroatoms. The van der Waals surface area contributed by atoms with Crippen LogP contribution < -0.4 is 4.90 Å². The van der Waals surface area contributed by atoms with Crippen LogP contribution in [0.25, 0.3) is 10.8 Å². The number of halogens is 1. The molecular formula is C25H22ClN3O2. The lowest BCUT2D eigenvalue weighted by molar-refractivity contribution is -0.121. The molecule has 0 spiro atoms. The van der Waals surface area contributed by atoms with Crippen LogP contribution in [0.15, 0.2) is 83.5 Å². The van der Waals surface area contributed by atoms with Gasteiger partial charge in [0.05, 0.1) is 5.69 Å². The number of imide groups is 1. The van der Waals surface area contributed by atoms with Crippen LogP contribution in [0.2, 0.25) is 0 Å². The van der Waals surface area contributed by atoms with E-state index in [2.05, 4.69) is 17.0 Å². The van der Waals surface area contributed by atoms with E-state index in [0.29, 0.717) is 24.5 Å². The lowest BCUT2D eigenvalue weighted by Gasteiger charge is -2.36. The molecule has 156 valence electrons. The van der Waals surface area contributed by atoms with Crippen molar-refractivity contribution in [3.63, 3.8) is 0 Å². The minimum absolute atomic E-state index is 0.00874. The Kier molecular flexibility index (Phi) is 5.22. The van der Waals surface area contributed by atoms with Gasteiger partial charge in [0.15, 0.2) is 0 Å². The van der Waals surface area contributed by atoms with E-state index in [4.69, 9.17) is 11.6 Å². The van der Waals surface area contributed by atoms with E-state index in [1.54, 1.807) is 6.07 Å². The lowest BCUT2D eigenvalue weighted by atomic mass is 10.1. The largest absolute Gasteiger partial charge is 0.363 e. The summed E-state index contributed by atoms with van der Waals surface area (Å²) in [5, 5.41) is 1.83. The number of carbonyl (C=O) groups is 2. The fourth-order valence-corrected chi connectivity index (χ4v) is 4.64. The smallest absolute Gasteiger partial charge is 0.283 e. The molecule has 2 heterocycles. The van der Waals surface area contributed by atoms with Crippen molar-refractivity contribution in [3.8, 4) is 0 Å². The number of rotatable bonds is 4. The minimum atomic E-state index is -0.454. The first-order valence-corrected chi connectivity index (χ1v) is 10.8. The second kappa shape index (κ2) is 8.17. The minimum Gasteiger partial charge on any atom is -0.363 e. The zero-order valence-corrected chi connectivity index (χ0v) is 17.8. The molecule has 2 aliphatic heterocycles. The number of hydrogen-bond acceptors (Lipinski definition) is 4. The van der Waals surface area contributed by atoms with Gasteiger partial charge in [-0.05, 0) is 17.0 Å². The zero-order valence-electron chi connectivity index (χ0n) is 17.0. The van der Waals surface area contributed by atoms with Crippen molar-refractivity contribution in [2.45, 2.75) is 6.54 Å². The van der Waals surface area contributed by atoms with Crippen LogP contribution in [-0.2, 0) is 16.1 Å². The van der Waals surface area contributed by atoms with Gasteiger partial charge in [-0.1, -0.05) is 78.3 Å². The van der Waals surface area contributed by atoms with Crippen molar-refractivity contribution in [2.75, 3.05) is 31.1 Å². The van der Waals surface area contributed by atoms with Crippen LogP contribution in [-0.4, -0.2) is 47.8 Å². The number of anilines is 1. The first-order chi connectivity index (χ1) is 15.1. The molecule has 5 rings (SSSR count). The summed E-state index contributed by atoms with van der Waals surface area (Å²) in [6.45, 7) is 3.79. The SMILES string of the molecule is O=C1C(Cl)=C(N2CCN(Cc3ccccc3)CC2)C(=O)N1c1cccc2ccccc12. The third-order valence-electron chi connectivity index (χ3n) is 5.95. The first-order valence-electron chi connectivity index (χ1n) is 10.4. The van der Waals surface area contributed by atoms with E-state index >= 15 is 0 Å². The monoisotopic (exact) mass is 431 g/mol. The highest BCUT2D eigenvalue weighted by atomic mass is 35.5. The van der Waals surface area contributed by atoms with Crippen LogP contribution >= 0.6 is 11.6 Å². The molecule has 0 aromatic heterocycles. The number of nitrogens with zero attached hydrogens (tertiary/aromatic N) is 3. The van der Waals surface area contributed by atoms with Crippen LogP contribution in [0.4, 0.5) is 5.69 Å². The van der Waals surface area contributed by atoms with E-state index in [1.165, 1.54) is 10.5 Å². The van der Waals surface area contributed by atoms with Gasteiger partial charge in [0.1, 0.15) is 10.7 Å². The molecule has 0 bridgehead atoms. The van der Waals surface area contributed by atoms with Gasteiger partial charge in [-0.3, -0.25) is 14.5 Å². The summed E-state index contributed by atoms with van der Waals surface area (Å²) in [5.74, 6) is -0.799. The second-order valence-corrected chi connectivity index (χ2v) is 8.23.